The van der Waals surface area contributed by atoms with E-state index in [4.69, 9.17) is 0 Å². The first-order valence-corrected chi connectivity index (χ1v) is 6.88. The van der Waals surface area contributed by atoms with E-state index in [2.05, 4.69) is 10.2 Å². The van der Waals surface area contributed by atoms with Crippen molar-refractivity contribution in [3.63, 3.8) is 0 Å². The molecule has 0 radical (unpaired) electrons. The smallest absolute Gasteiger partial charge is 0.232 e. The number of carbonyl (C=O) groups excluding carboxylic acids is 1. The van der Waals surface area contributed by atoms with Crippen LogP contribution in [0.4, 0.5) is 0 Å². The van der Waals surface area contributed by atoms with Crippen LogP contribution in [0.15, 0.2) is 35.5 Å². The molecular weight excluding hydrogens is 260 g/mol. The molecule has 100 valence electrons. The molecule has 0 bridgehead atoms. The molecule has 0 unspecified atom stereocenters. The molecule has 19 heavy (non-hydrogen) atoms. The normalized spacial score (nSPS) is 10.5. The standard InChI is InChI=1S/C13H16N4OS/c1-10-14-15-13(19-9-12(18)16(2)3)17(10)11-7-5-4-6-8-11/h4-8H,9H2,1-3H3. The minimum Gasteiger partial charge on any atom is -0.348 e. The van der Waals surface area contributed by atoms with E-state index in [-0.39, 0.29) is 5.91 Å². The number of rotatable bonds is 4. The molecule has 0 atom stereocenters. The molecule has 0 aliphatic rings. The van der Waals surface area contributed by atoms with Gasteiger partial charge in [0.2, 0.25) is 5.91 Å². The Morgan fingerprint density at radius 2 is 1.95 bits per heavy atom. The topological polar surface area (TPSA) is 51.0 Å². The zero-order chi connectivity index (χ0) is 13.8. The molecule has 1 heterocycles. The molecule has 0 saturated carbocycles. The number of benzene rings is 1. The minimum absolute atomic E-state index is 0.0604. The quantitative estimate of drug-likeness (QED) is 0.798. The summed E-state index contributed by atoms with van der Waals surface area (Å²) in [6.07, 6.45) is 0. The predicted molar refractivity (Wildman–Crippen MR) is 75.5 cm³/mol. The molecule has 0 aliphatic carbocycles. The van der Waals surface area contributed by atoms with Crippen LogP contribution in [0.25, 0.3) is 5.69 Å². The Kier molecular flexibility index (Phi) is 4.21. The van der Waals surface area contributed by atoms with Gasteiger partial charge in [-0.25, -0.2) is 0 Å². The first-order chi connectivity index (χ1) is 9.09. The van der Waals surface area contributed by atoms with Gasteiger partial charge in [-0.1, -0.05) is 30.0 Å². The number of thioether (sulfide) groups is 1. The van der Waals surface area contributed by atoms with E-state index in [9.17, 15) is 4.79 Å². The third-order valence-electron chi connectivity index (χ3n) is 2.63. The van der Waals surface area contributed by atoms with E-state index in [1.165, 1.54) is 11.8 Å². The van der Waals surface area contributed by atoms with Gasteiger partial charge < -0.3 is 4.90 Å². The molecule has 0 N–H and O–H groups in total. The second-order valence-corrected chi connectivity index (χ2v) is 5.22. The van der Waals surface area contributed by atoms with Gasteiger partial charge in [-0.15, -0.1) is 10.2 Å². The number of para-hydroxylation sites is 1. The van der Waals surface area contributed by atoms with Crippen molar-refractivity contribution < 1.29 is 4.79 Å². The second kappa shape index (κ2) is 5.88. The third kappa shape index (κ3) is 3.14. The van der Waals surface area contributed by atoms with E-state index in [1.54, 1.807) is 19.0 Å². The van der Waals surface area contributed by atoms with Gasteiger partial charge in [0.05, 0.1) is 5.75 Å². The number of aromatic nitrogens is 3. The van der Waals surface area contributed by atoms with Gasteiger partial charge in [-0.3, -0.25) is 9.36 Å². The summed E-state index contributed by atoms with van der Waals surface area (Å²) in [7, 11) is 3.49. The number of hydrogen-bond donors (Lipinski definition) is 0. The lowest BCUT2D eigenvalue weighted by Gasteiger charge is -2.10. The maximum Gasteiger partial charge on any atom is 0.232 e. The van der Waals surface area contributed by atoms with Crippen molar-refractivity contribution in [3.05, 3.63) is 36.2 Å². The van der Waals surface area contributed by atoms with Crippen LogP contribution in [-0.2, 0) is 4.79 Å². The lowest BCUT2D eigenvalue weighted by Crippen LogP contribution is -2.23. The predicted octanol–water partition coefficient (Wildman–Crippen LogP) is 1.76. The molecule has 1 aromatic carbocycles. The fourth-order valence-corrected chi connectivity index (χ4v) is 2.54. The first-order valence-electron chi connectivity index (χ1n) is 5.90. The Labute approximate surface area is 116 Å². The summed E-state index contributed by atoms with van der Waals surface area (Å²) in [4.78, 5) is 13.2. The summed E-state index contributed by atoms with van der Waals surface area (Å²) in [5.41, 5.74) is 1.00. The molecule has 2 aromatic rings. The molecular formula is C13H16N4OS. The molecule has 2 rings (SSSR count). The summed E-state index contributed by atoms with van der Waals surface area (Å²) >= 11 is 1.40. The summed E-state index contributed by atoms with van der Waals surface area (Å²) in [5, 5.41) is 8.95. The number of nitrogens with zero attached hydrogens (tertiary/aromatic N) is 4. The van der Waals surface area contributed by atoms with Crippen molar-refractivity contribution in [1.29, 1.82) is 0 Å². The molecule has 0 spiro atoms. The van der Waals surface area contributed by atoms with E-state index < -0.39 is 0 Å². The SMILES string of the molecule is Cc1nnc(SCC(=O)N(C)C)n1-c1ccccc1. The summed E-state index contributed by atoms with van der Waals surface area (Å²) in [6, 6.07) is 9.89. The summed E-state index contributed by atoms with van der Waals surface area (Å²) in [6.45, 7) is 1.90. The number of hydrogen-bond acceptors (Lipinski definition) is 4. The molecule has 0 saturated heterocycles. The van der Waals surface area contributed by atoms with Crippen LogP contribution < -0.4 is 0 Å². The Balaban J connectivity index is 2.21. The Hall–Kier alpha value is -1.82. The number of carbonyl (C=O) groups is 1. The van der Waals surface area contributed by atoms with Gasteiger partial charge in [-0.2, -0.15) is 0 Å². The highest BCUT2D eigenvalue weighted by Crippen LogP contribution is 2.21. The first kappa shape index (κ1) is 13.6. The van der Waals surface area contributed by atoms with Gasteiger partial charge in [0.1, 0.15) is 5.82 Å². The van der Waals surface area contributed by atoms with Crippen LogP contribution in [0, 0.1) is 6.92 Å². The molecule has 0 aliphatic heterocycles. The van der Waals surface area contributed by atoms with Crippen LogP contribution >= 0.6 is 11.8 Å². The maximum absolute atomic E-state index is 11.6. The maximum atomic E-state index is 11.6. The zero-order valence-electron chi connectivity index (χ0n) is 11.2. The molecule has 0 fully saturated rings. The van der Waals surface area contributed by atoms with Crippen molar-refractivity contribution in [2.75, 3.05) is 19.8 Å². The highest BCUT2D eigenvalue weighted by Gasteiger charge is 2.13. The molecule has 1 amide bonds. The lowest BCUT2D eigenvalue weighted by atomic mass is 10.3. The van der Waals surface area contributed by atoms with Crippen molar-refractivity contribution in [2.45, 2.75) is 12.1 Å². The summed E-state index contributed by atoms with van der Waals surface area (Å²) in [5.74, 6) is 1.23. The van der Waals surface area contributed by atoms with Crippen molar-refractivity contribution in [1.82, 2.24) is 19.7 Å². The largest absolute Gasteiger partial charge is 0.348 e. The van der Waals surface area contributed by atoms with Crippen LogP contribution in [-0.4, -0.2) is 45.4 Å². The van der Waals surface area contributed by atoms with Crippen LogP contribution in [0.2, 0.25) is 0 Å². The second-order valence-electron chi connectivity index (χ2n) is 4.28. The van der Waals surface area contributed by atoms with Crippen LogP contribution in [0.5, 0.6) is 0 Å². The highest BCUT2D eigenvalue weighted by atomic mass is 32.2. The van der Waals surface area contributed by atoms with E-state index in [0.29, 0.717) is 5.75 Å². The van der Waals surface area contributed by atoms with Crippen molar-refractivity contribution >= 4 is 17.7 Å². The zero-order valence-corrected chi connectivity index (χ0v) is 12.0. The van der Waals surface area contributed by atoms with E-state index in [1.807, 2.05) is 41.8 Å². The Morgan fingerprint density at radius 1 is 1.26 bits per heavy atom. The van der Waals surface area contributed by atoms with Gasteiger partial charge in [0.15, 0.2) is 5.16 Å². The van der Waals surface area contributed by atoms with Crippen molar-refractivity contribution in [2.24, 2.45) is 0 Å². The lowest BCUT2D eigenvalue weighted by molar-refractivity contribution is -0.125. The molecule has 1 aromatic heterocycles. The van der Waals surface area contributed by atoms with Gasteiger partial charge in [0, 0.05) is 19.8 Å². The van der Waals surface area contributed by atoms with E-state index in [0.717, 1.165) is 16.7 Å². The van der Waals surface area contributed by atoms with Gasteiger partial charge >= 0.3 is 0 Å². The van der Waals surface area contributed by atoms with Crippen LogP contribution in [0.3, 0.4) is 0 Å². The fourth-order valence-electron chi connectivity index (χ4n) is 1.57. The number of amides is 1. The van der Waals surface area contributed by atoms with Crippen LogP contribution in [0.1, 0.15) is 5.82 Å². The molecule has 6 heteroatoms. The molecule has 5 nitrogen and oxygen atoms in total. The third-order valence-corrected chi connectivity index (χ3v) is 3.55. The van der Waals surface area contributed by atoms with Crippen molar-refractivity contribution in [3.8, 4) is 5.69 Å². The highest BCUT2D eigenvalue weighted by molar-refractivity contribution is 7.99. The Morgan fingerprint density at radius 3 is 2.58 bits per heavy atom. The average molecular weight is 276 g/mol. The summed E-state index contributed by atoms with van der Waals surface area (Å²) < 4.78 is 1.95. The fraction of sp³-hybridized carbons (Fsp3) is 0.308. The number of aryl methyl sites for hydroxylation is 1. The minimum atomic E-state index is 0.0604. The Bertz CT molecular complexity index is 565. The monoisotopic (exact) mass is 276 g/mol. The average Bonchev–Trinajstić information content (AvgIpc) is 2.78. The van der Waals surface area contributed by atoms with E-state index >= 15 is 0 Å². The van der Waals surface area contributed by atoms with Gasteiger partial charge in [-0.05, 0) is 19.1 Å². The van der Waals surface area contributed by atoms with Gasteiger partial charge in [0.25, 0.3) is 0 Å².